The number of nitrogens with one attached hydrogen (secondary N) is 2. The molecule has 1 aromatic carbocycles. The van der Waals surface area contributed by atoms with E-state index in [1.165, 1.54) is 0 Å². The first-order valence-corrected chi connectivity index (χ1v) is 7.58. The van der Waals surface area contributed by atoms with Crippen molar-refractivity contribution in [3.8, 4) is 11.3 Å². The number of aromatic amines is 1. The van der Waals surface area contributed by atoms with Crippen LogP contribution in [0.2, 0.25) is 0 Å². The number of aryl methyl sites for hydroxylation is 1. The number of carbonyl (C=O) groups is 1. The van der Waals surface area contributed by atoms with Crippen molar-refractivity contribution in [2.75, 3.05) is 0 Å². The van der Waals surface area contributed by atoms with Crippen LogP contribution in [0.1, 0.15) is 35.4 Å². The number of rotatable bonds is 5. The highest BCUT2D eigenvalue weighted by Gasteiger charge is 2.20. The van der Waals surface area contributed by atoms with Crippen molar-refractivity contribution < 1.29 is 4.79 Å². The van der Waals surface area contributed by atoms with Crippen molar-refractivity contribution in [1.82, 2.24) is 25.3 Å². The normalized spacial score (nSPS) is 12.1. The number of nitrogens with zero attached hydrogens (tertiary/aromatic N) is 3. The Labute approximate surface area is 134 Å². The number of hydrogen-bond acceptors (Lipinski definition) is 3. The molecule has 0 unspecified atom stereocenters. The number of hydrogen-bond donors (Lipinski definition) is 2. The van der Waals surface area contributed by atoms with Crippen LogP contribution in [0.3, 0.4) is 0 Å². The third-order valence-electron chi connectivity index (χ3n) is 3.88. The minimum atomic E-state index is -0.148. The zero-order valence-corrected chi connectivity index (χ0v) is 13.2. The molecular formula is C17H19N5O. The van der Waals surface area contributed by atoms with Gasteiger partial charge < -0.3 is 5.32 Å². The molecule has 0 saturated heterocycles. The molecule has 0 spiro atoms. The molecule has 0 aliphatic heterocycles. The monoisotopic (exact) mass is 309 g/mol. The highest BCUT2D eigenvalue weighted by atomic mass is 16.1. The van der Waals surface area contributed by atoms with Crippen LogP contribution < -0.4 is 5.32 Å². The van der Waals surface area contributed by atoms with Crippen molar-refractivity contribution >= 4 is 5.91 Å². The average molecular weight is 309 g/mol. The quantitative estimate of drug-likeness (QED) is 0.761. The molecular weight excluding hydrogens is 290 g/mol. The molecule has 3 aromatic rings. The number of aromatic nitrogens is 4. The van der Waals surface area contributed by atoms with Gasteiger partial charge >= 0.3 is 0 Å². The average Bonchev–Trinajstić information content (AvgIpc) is 3.22. The van der Waals surface area contributed by atoms with Crippen molar-refractivity contribution in [1.29, 1.82) is 0 Å². The molecule has 0 bridgehead atoms. The van der Waals surface area contributed by atoms with E-state index in [0.29, 0.717) is 5.56 Å². The van der Waals surface area contributed by atoms with E-state index in [9.17, 15) is 4.79 Å². The zero-order valence-electron chi connectivity index (χ0n) is 13.2. The third kappa shape index (κ3) is 3.01. The summed E-state index contributed by atoms with van der Waals surface area (Å²) in [4.78, 5) is 12.7. The Hall–Kier alpha value is -2.89. The maximum absolute atomic E-state index is 12.7. The van der Waals surface area contributed by atoms with Gasteiger partial charge in [0.2, 0.25) is 0 Å². The van der Waals surface area contributed by atoms with Crippen molar-refractivity contribution in [3.05, 3.63) is 60.0 Å². The van der Waals surface area contributed by atoms with Crippen LogP contribution in [0.25, 0.3) is 11.3 Å². The van der Waals surface area contributed by atoms with E-state index in [0.717, 1.165) is 23.4 Å². The molecule has 6 heteroatoms. The fourth-order valence-corrected chi connectivity index (χ4v) is 2.63. The summed E-state index contributed by atoms with van der Waals surface area (Å²) >= 11 is 0. The molecule has 0 aliphatic rings. The van der Waals surface area contributed by atoms with Crippen LogP contribution in [-0.2, 0) is 7.05 Å². The SMILES string of the molecule is CC[C@H](NC(=O)c1cn[nH]c1-c1ccccc1)c1ccnn1C. The van der Waals surface area contributed by atoms with Crippen LogP contribution in [0.4, 0.5) is 0 Å². The van der Waals surface area contributed by atoms with E-state index in [4.69, 9.17) is 0 Å². The van der Waals surface area contributed by atoms with Crippen LogP contribution >= 0.6 is 0 Å². The van der Waals surface area contributed by atoms with Crippen molar-refractivity contribution in [2.24, 2.45) is 7.05 Å². The maximum atomic E-state index is 12.7. The number of benzene rings is 1. The maximum Gasteiger partial charge on any atom is 0.255 e. The minimum absolute atomic E-state index is 0.0893. The molecule has 0 aliphatic carbocycles. The second-order valence-electron chi connectivity index (χ2n) is 5.34. The van der Waals surface area contributed by atoms with Gasteiger partial charge in [0, 0.05) is 18.8 Å². The predicted octanol–water partition coefficient (Wildman–Crippen LogP) is 2.69. The summed E-state index contributed by atoms with van der Waals surface area (Å²) in [5.74, 6) is -0.148. The summed E-state index contributed by atoms with van der Waals surface area (Å²) in [7, 11) is 1.87. The van der Waals surface area contributed by atoms with Crippen molar-refractivity contribution in [2.45, 2.75) is 19.4 Å². The fourth-order valence-electron chi connectivity index (χ4n) is 2.63. The Kier molecular flexibility index (Phi) is 4.23. The van der Waals surface area contributed by atoms with Crippen LogP contribution in [0, 0.1) is 0 Å². The van der Waals surface area contributed by atoms with Gasteiger partial charge in [-0.2, -0.15) is 10.2 Å². The Balaban J connectivity index is 1.84. The number of H-pyrrole nitrogens is 1. The Morgan fingerprint density at radius 1 is 1.30 bits per heavy atom. The van der Waals surface area contributed by atoms with Gasteiger partial charge in [0.1, 0.15) is 0 Å². The van der Waals surface area contributed by atoms with E-state index in [1.54, 1.807) is 17.1 Å². The van der Waals surface area contributed by atoms with E-state index in [-0.39, 0.29) is 11.9 Å². The lowest BCUT2D eigenvalue weighted by atomic mass is 10.1. The summed E-state index contributed by atoms with van der Waals surface area (Å²) in [5.41, 5.74) is 3.18. The topological polar surface area (TPSA) is 75.6 Å². The lowest BCUT2D eigenvalue weighted by Crippen LogP contribution is -2.29. The standard InChI is InChI=1S/C17H19N5O/c1-3-14(15-9-10-19-22(15)2)20-17(23)13-11-18-21-16(13)12-7-5-4-6-8-12/h4-11,14H,3H2,1-2H3,(H,18,21)(H,20,23)/t14-/m0/s1. The molecule has 0 fully saturated rings. The van der Waals surface area contributed by atoms with Gasteiger partial charge in [0.05, 0.1) is 29.2 Å². The molecule has 2 aromatic heterocycles. The smallest absolute Gasteiger partial charge is 0.255 e. The molecule has 118 valence electrons. The lowest BCUT2D eigenvalue weighted by molar-refractivity contribution is 0.0934. The second kappa shape index (κ2) is 6.48. The van der Waals surface area contributed by atoms with Gasteiger partial charge in [-0.05, 0) is 12.5 Å². The molecule has 0 saturated carbocycles. The number of carbonyl (C=O) groups excluding carboxylic acids is 1. The van der Waals surface area contributed by atoms with Gasteiger partial charge in [-0.1, -0.05) is 37.3 Å². The molecule has 0 radical (unpaired) electrons. The minimum Gasteiger partial charge on any atom is -0.344 e. The summed E-state index contributed by atoms with van der Waals surface area (Å²) in [5, 5.41) is 14.2. The van der Waals surface area contributed by atoms with Gasteiger partial charge in [-0.15, -0.1) is 0 Å². The second-order valence-corrected chi connectivity index (χ2v) is 5.34. The first-order chi connectivity index (χ1) is 11.2. The molecule has 1 atom stereocenters. The van der Waals surface area contributed by atoms with Gasteiger partial charge in [-0.25, -0.2) is 0 Å². The zero-order chi connectivity index (χ0) is 16.2. The highest BCUT2D eigenvalue weighted by molar-refractivity contribution is 5.99. The van der Waals surface area contributed by atoms with Crippen molar-refractivity contribution in [3.63, 3.8) is 0 Å². The first kappa shape index (κ1) is 15.0. The Bertz CT molecular complexity index is 790. The van der Waals surface area contributed by atoms with Crippen LogP contribution in [0.15, 0.2) is 48.8 Å². The molecule has 6 nitrogen and oxygen atoms in total. The fraction of sp³-hybridized carbons (Fsp3) is 0.235. The lowest BCUT2D eigenvalue weighted by Gasteiger charge is -2.17. The third-order valence-corrected chi connectivity index (χ3v) is 3.88. The summed E-state index contributed by atoms with van der Waals surface area (Å²) < 4.78 is 1.78. The predicted molar refractivity (Wildman–Crippen MR) is 87.7 cm³/mol. The highest BCUT2D eigenvalue weighted by Crippen LogP contribution is 2.22. The molecule has 1 amide bonds. The number of amides is 1. The Morgan fingerprint density at radius 2 is 2.09 bits per heavy atom. The molecule has 23 heavy (non-hydrogen) atoms. The summed E-state index contributed by atoms with van der Waals surface area (Å²) in [6.45, 7) is 2.03. The van der Waals surface area contributed by atoms with E-state index in [2.05, 4.69) is 20.6 Å². The van der Waals surface area contributed by atoms with Crippen LogP contribution in [-0.4, -0.2) is 25.9 Å². The van der Waals surface area contributed by atoms with E-state index in [1.807, 2.05) is 50.4 Å². The van der Waals surface area contributed by atoms with E-state index < -0.39 is 0 Å². The molecule has 2 heterocycles. The Morgan fingerprint density at radius 3 is 2.74 bits per heavy atom. The summed E-state index contributed by atoms with van der Waals surface area (Å²) in [6, 6.07) is 11.5. The van der Waals surface area contributed by atoms with Gasteiger partial charge in [-0.3, -0.25) is 14.6 Å². The van der Waals surface area contributed by atoms with Gasteiger partial charge in [0.15, 0.2) is 0 Å². The molecule has 3 rings (SSSR count). The largest absolute Gasteiger partial charge is 0.344 e. The summed E-state index contributed by atoms with van der Waals surface area (Å²) in [6.07, 6.45) is 4.08. The van der Waals surface area contributed by atoms with E-state index >= 15 is 0 Å². The molecule has 2 N–H and O–H groups in total. The van der Waals surface area contributed by atoms with Gasteiger partial charge in [0.25, 0.3) is 5.91 Å². The van der Waals surface area contributed by atoms with Crippen LogP contribution in [0.5, 0.6) is 0 Å². The first-order valence-electron chi connectivity index (χ1n) is 7.58.